The standard InChI is InChI=1S/C45H38NO4P/c1-43(2)47-41-42(48-43)45(37-25-11-5-12-26-37,38-27-13-6-14-28-38)50-51(49-44(41,35-21-7-3-8-22-35)36-23-9-4-10-24-36)46-39-29-17-15-19-33(39)31-32-34-20-16-18-30-40(34)46/h3-32,41-42H,1-2H3/t41-,42-/m1/s1. The van der Waals surface area contributed by atoms with Gasteiger partial charge in [0, 0.05) is 0 Å². The predicted molar refractivity (Wildman–Crippen MR) is 204 cm³/mol. The van der Waals surface area contributed by atoms with Crippen LogP contribution in [0.25, 0.3) is 12.2 Å². The van der Waals surface area contributed by atoms with E-state index in [1.165, 1.54) is 0 Å². The minimum Gasteiger partial charge on any atom is -0.341 e. The quantitative estimate of drug-likeness (QED) is 0.169. The number of hydrogen-bond acceptors (Lipinski definition) is 5. The largest absolute Gasteiger partial charge is 0.341 e. The summed E-state index contributed by atoms with van der Waals surface area (Å²) in [7, 11) is -2.00. The third kappa shape index (κ3) is 5.28. The lowest BCUT2D eigenvalue weighted by Gasteiger charge is -2.42. The van der Waals surface area contributed by atoms with Gasteiger partial charge in [-0.05, 0) is 59.4 Å². The molecule has 3 aliphatic rings. The van der Waals surface area contributed by atoms with Crippen LogP contribution in [0.1, 0.15) is 47.2 Å². The van der Waals surface area contributed by atoms with E-state index in [4.69, 9.17) is 18.5 Å². The first kappa shape index (κ1) is 32.1. The van der Waals surface area contributed by atoms with Gasteiger partial charge in [0.25, 0.3) is 8.53 Å². The van der Waals surface area contributed by atoms with E-state index in [1.807, 2.05) is 38.1 Å². The molecule has 9 rings (SSSR count). The zero-order chi connectivity index (χ0) is 34.5. The third-order valence-electron chi connectivity index (χ3n) is 10.1. The summed E-state index contributed by atoms with van der Waals surface area (Å²) in [5.41, 5.74) is 5.60. The first-order chi connectivity index (χ1) is 25.0. The van der Waals surface area contributed by atoms with Crippen LogP contribution >= 0.6 is 8.53 Å². The van der Waals surface area contributed by atoms with Crippen LogP contribution in [0, 0.1) is 0 Å². The van der Waals surface area contributed by atoms with E-state index in [9.17, 15) is 0 Å². The number of benzene rings is 6. The summed E-state index contributed by atoms with van der Waals surface area (Å²) in [6.45, 7) is 3.97. The average Bonchev–Trinajstić information content (AvgIpc) is 3.35. The second-order valence-electron chi connectivity index (χ2n) is 13.6. The predicted octanol–water partition coefficient (Wildman–Crippen LogP) is 11.0. The first-order valence-corrected chi connectivity index (χ1v) is 18.5. The molecule has 6 aromatic carbocycles. The molecule has 51 heavy (non-hydrogen) atoms. The lowest BCUT2D eigenvalue weighted by molar-refractivity contribution is -0.174. The molecule has 0 bridgehead atoms. The van der Waals surface area contributed by atoms with E-state index in [2.05, 4.69) is 162 Å². The Kier molecular flexibility index (Phi) is 8.00. The molecule has 252 valence electrons. The highest BCUT2D eigenvalue weighted by Crippen LogP contribution is 2.68. The van der Waals surface area contributed by atoms with Crippen LogP contribution in [-0.4, -0.2) is 18.0 Å². The molecule has 6 heteroatoms. The Balaban J connectivity index is 1.41. The Bertz CT molecular complexity index is 1940. The van der Waals surface area contributed by atoms with E-state index in [0.29, 0.717) is 0 Å². The zero-order valence-electron chi connectivity index (χ0n) is 28.5. The Morgan fingerprint density at radius 1 is 0.431 bits per heavy atom. The fourth-order valence-corrected chi connectivity index (χ4v) is 9.92. The van der Waals surface area contributed by atoms with Crippen molar-refractivity contribution in [3.8, 4) is 0 Å². The van der Waals surface area contributed by atoms with Crippen molar-refractivity contribution in [3.63, 3.8) is 0 Å². The fraction of sp³-hybridized carbons (Fsp3) is 0.156. The van der Waals surface area contributed by atoms with E-state index in [-0.39, 0.29) is 0 Å². The summed E-state index contributed by atoms with van der Waals surface area (Å²) >= 11 is 0. The fourth-order valence-electron chi connectivity index (χ4n) is 7.88. The lowest BCUT2D eigenvalue weighted by Crippen LogP contribution is -2.53. The van der Waals surface area contributed by atoms with Crippen LogP contribution in [-0.2, 0) is 29.7 Å². The second-order valence-corrected chi connectivity index (χ2v) is 14.8. The molecule has 0 unspecified atom stereocenters. The van der Waals surface area contributed by atoms with Gasteiger partial charge in [0.2, 0.25) is 0 Å². The van der Waals surface area contributed by atoms with Crippen LogP contribution in [0.3, 0.4) is 0 Å². The maximum Gasteiger partial charge on any atom is 0.297 e. The van der Waals surface area contributed by atoms with E-state index in [0.717, 1.165) is 44.8 Å². The van der Waals surface area contributed by atoms with Crippen molar-refractivity contribution in [2.45, 2.75) is 43.0 Å². The Hall–Kier alpha value is -4.87. The number of para-hydroxylation sites is 2. The lowest BCUT2D eigenvalue weighted by atomic mass is 9.72. The molecule has 5 nitrogen and oxygen atoms in total. The summed E-state index contributed by atoms with van der Waals surface area (Å²) < 4.78 is 32.5. The van der Waals surface area contributed by atoms with Crippen LogP contribution in [0.5, 0.6) is 0 Å². The molecule has 0 spiro atoms. The molecule has 3 aliphatic heterocycles. The molecule has 2 saturated heterocycles. The van der Waals surface area contributed by atoms with Gasteiger partial charge in [0.1, 0.15) is 12.2 Å². The zero-order valence-corrected chi connectivity index (χ0v) is 29.4. The summed E-state index contributed by atoms with van der Waals surface area (Å²) in [6, 6.07) is 58.6. The monoisotopic (exact) mass is 687 g/mol. The summed E-state index contributed by atoms with van der Waals surface area (Å²) in [5.74, 6) is -0.961. The highest BCUT2D eigenvalue weighted by atomic mass is 31.2. The Morgan fingerprint density at radius 2 is 0.745 bits per heavy atom. The number of nitrogens with zero attached hydrogens (tertiary/aromatic N) is 1. The normalized spacial score (nSPS) is 21.5. The van der Waals surface area contributed by atoms with Crippen molar-refractivity contribution in [1.82, 2.24) is 0 Å². The molecular formula is C45H38NO4P. The van der Waals surface area contributed by atoms with E-state index in [1.54, 1.807) is 0 Å². The molecule has 0 aliphatic carbocycles. The molecule has 0 amide bonds. The van der Waals surface area contributed by atoms with Crippen molar-refractivity contribution in [1.29, 1.82) is 0 Å². The molecule has 2 atom stereocenters. The van der Waals surface area contributed by atoms with Crippen molar-refractivity contribution in [2.24, 2.45) is 0 Å². The summed E-state index contributed by atoms with van der Waals surface area (Å²) in [5, 5.41) is 0. The molecule has 0 saturated carbocycles. The third-order valence-corrected chi connectivity index (χ3v) is 11.7. The van der Waals surface area contributed by atoms with E-state index < -0.39 is 37.7 Å². The van der Waals surface area contributed by atoms with Gasteiger partial charge in [-0.3, -0.25) is 13.7 Å². The number of anilines is 2. The van der Waals surface area contributed by atoms with E-state index >= 15 is 0 Å². The van der Waals surface area contributed by atoms with Gasteiger partial charge in [0.15, 0.2) is 17.0 Å². The first-order valence-electron chi connectivity index (χ1n) is 17.4. The summed E-state index contributed by atoms with van der Waals surface area (Å²) in [6.07, 6.45) is 3.05. The number of fused-ring (bicyclic) bond motifs is 3. The van der Waals surface area contributed by atoms with Crippen molar-refractivity contribution in [2.75, 3.05) is 4.67 Å². The van der Waals surface area contributed by atoms with Crippen LogP contribution in [0.4, 0.5) is 11.4 Å². The minimum atomic E-state index is -2.00. The molecule has 0 aromatic heterocycles. The molecule has 0 N–H and O–H groups in total. The van der Waals surface area contributed by atoms with Crippen LogP contribution in [0.15, 0.2) is 170 Å². The van der Waals surface area contributed by atoms with Crippen molar-refractivity contribution < 1.29 is 18.5 Å². The molecule has 3 heterocycles. The maximum absolute atomic E-state index is 7.92. The Labute approximate surface area is 300 Å². The highest BCUT2D eigenvalue weighted by Gasteiger charge is 2.67. The molecular weight excluding hydrogens is 649 g/mol. The van der Waals surface area contributed by atoms with Gasteiger partial charge >= 0.3 is 0 Å². The van der Waals surface area contributed by atoms with Gasteiger partial charge in [0.05, 0.1) is 11.4 Å². The van der Waals surface area contributed by atoms with Gasteiger partial charge in [-0.15, -0.1) is 0 Å². The van der Waals surface area contributed by atoms with Gasteiger partial charge in [-0.1, -0.05) is 170 Å². The Morgan fingerprint density at radius 3 is 1.10 bits per heavy atom. The number of hydrogen-bond donors (Lipinski definition) is 0. The SMILES string of the molecule is CC1(C)O[C@@H]2[C@@H](O1)C(c1ccccc1)(c1ccccc1)OP(N1c3ccccc3C=Cc3ccccc31)OC2(c1ccccc1)c1ccccc1. The average molecular weight is 688 g/mol. The summed E-state index contributed by atoms with van der Waals surface area (Å²) in [4.78, 5) is 0. The topological polar surface area (TPSA) is 40.2 Å². The molecule has 0 radical (unpaired) electrons. The smallest absolute Gasteiger partial charge is 0.297 e. The van der Waals surface area contributed by atoms with Gasteiger partial charge < -0.3 is 9.47 Å². The molecule has 2 fully saturated rings. The maximum atomic E-state index is 7.92. The number of rotatable bonds is 5. The highest BCUT2D eigenvalue weighted by molar-refractivity contribution is 7.49. The van der Waals surface area contributed by atoms with Crippen molar-refractivity contribution in [3.05, 3.63) is 203 Å². The second kappa shape index (κ2) is 12.7. The van der Waals surface area contributed by atoms with Gasteiger partial charge in [-0.2, -0.15) is 0 Å². The van der Waals surface area contributed by atoms with Crippen LogP contribution < -0.4 is 4.67 Å². The van der Waals surface area contributed by atoms with Gasteiger partial charge in [-0.25, -0.2) is 0 Å². The number of ether oxygens (including phenoxy) is 2. The van der Waals surface area contributed by atoms with Crippen LogP contribution in [0.2, 0.25) is 0 Å². The van der Waals surface area contributed by atoms with Crippen molar-refractivity contribution >= 4 is 32.1 Å². The minimum absolute atomic E-state index is 0.652. The molecule has 6 aromatic rings.